The molecule has 1 aromatic rings. The SMILES string of the molecule is O=C(COC1CCOC2(CCN(C(=O)c3cc(Cl)ccc3F)CC2)C1)N1CCCC1. The van der Waals surface area contributed by atoms with Crippen molar-refractivity contribution in [2.24, 2.45) is 0 Å². The Hall–Kier alpha value is -1.70. The third kappa shape index (κ3) is 4.79. The van der Waals surface area contributed by atoms with E-state index in [0.29, 0.717) is 44.0 Å². The molecule has 3 heterocycles. The van der Waals surface area contributed by atoms with Gasteiger partial charge in [0.25, 0.3) is 5.91 Å². The fourth-order valence-corrected chi connectivity index (χ4v) is 4.84. The molecule has 164 valence electrons. The lowest BCUT2D eigenvalue weighted by Crippen LogP contribution is -2.52. The lowest BCUT2D eigenvalue weighted by atomic mass is 9.83. The van der Waals surface area contributed by atoms with Gasteiger partial charge in [-0.2, -0.15) is 0 Å². The largest absolute Gasteiger partial charge is 0.375 e. The molecule has 3 aliphatic heterocycles. The van der Waals surface area contributed by atoms with Crippen LogP contribution >= 0.6 is 11.6 Å². The zero-order valence-corrected chi connectivity index (χ0v) is 17.8. The second-order valence-electron chi connectivity index (χ2n) is 8.46. The number of hydrogen-bond donors (Lipinski definition) is 0. The molecule has 0 radical (unpaired) electrons. The van der Waals surface area contributed by atoms with Crippen LogP contribution in [0.25, 0.3) is 0 Å². The van der Waals surface area contributed by atoms with Gasteiger partial charge in [-0.15, -0.1) is 0 Å². The Kier molecular flexibility index (Phi) is 6.60. The Balaban J connectivity index is 1.30. The van der Waals surface area contributed by atoms with Crippen molar-refractivity contribution in [3.05, 3.63) is 34.6 Å². The molecule has 3 aliphatic rings. The molecule has 0 bridgehead atoms. The average Bonchev–Trinajstić information content (AvgIpc) is 3.29. The number of nitrogens with zero attached hydrogens (tertiary/aromatic N) is 2. The summed E-state index contributed by atoms with van der Waals surface area (Å²) in [6, 6.07) is 4.03. The van der Waals surface area contributed by atoms with Crippen LogP contribution in [0.15, 0.2) is 18.2 Å². The Morgan fingerprint density at radius 2 is 1.90 bits per heavy atom. The summed E-state index contributed by atoms with van der Waals surface area (Å²) < 4.78 is 26.1. The zero-order chi connectivity index (χ0) is 21.1. The van der Waals surface area contributed by atoms with Gasteiger partial charge in [0.2, 0.25) is 5.91 Å². The quantitative estimate of drug-likeness (QED) is 0.724. The zero-order valence-electron chi connectivity index (χ0n) is 17.1. The van der Waals surface area contributed by atoms with Crippen molar-refractivity contribution >= 4 is 23.4 Å². The number of rotatable bonds is 4. The molecule has 30 heavy (non-hydrogen) atoms. The molecule has 2 amide bonds. The number of likely N-dealkylation sites (tertiary alicyclic amines) is 2. The molecule has 0 saturated carbocycles. The molecular formula is C22H28ClFN2O4. The summed E-state index contributed by atoms with van der Waals surface area (Å²) in [7, 11) is 0. The molecule has 6 nitrogen and oxygen atoms in total. The van der Waals surface area contributed by atoms with Gasteiger partial charge in [0.15, 0.2) is 0 Å². The number of ether oxygens (including phenoxy) is 2. The maximum atomic E-state index is 14.1. The predicted octanol–water partition coefficient (Wildman–Crippen LogP) is 3.27. The van der Waals surface area contributed by atoms with Crippen LogP contribution in [0.3, 0.4) is 0 Å². The van der Waals surface area contributed by atoms with Gasteiger partial charge < -0.3 is 19.3 Å². The van der Waals surface area contributed by atoms with E-state index in [4.69, 9.17) is 21.1 Å². The van der Waals surface area contributed by atoms with Crippen LogP contribution in [0, 0.1) is 5.82 Å². The van der Waals surface area contributed by atoms with Gasteiger partial charge in [-0.3, -0.25) is 9.59 Å². The average molecular weight is 439 g/mol. The number of piperidine rings is 1. The van der Waals surface area contributed by atoms with E-state index in [2.05, 4.69) is 0 Å². The number of carbonyl (C=O) groups excluding carboxylic acids is 2. The number of amides is 2. The molecule has 0 N–H and O–H groups in total. The van der Waals surface area contributed by atoms with E-state index in [1.165, 1.54) is 18.2 Å². The number of benzene rings is 1. The van der Waals surface area contributed by atoms with Crippen molar-refractivity contribution in [2.75, 3.05) is 39.4 Å². The summed E-state index contributed by atoms with van der Waals surface area (Å²) in [6.45, 7) is 3.35. The van der Waals surface area contributed by atoms with E-state index in [1.54, 1.807) is 4.90 Å². The maximum absolute atomic E-state index is 14.1. The standard InChI is InChI=1S/C22H28ClFN2O4/c23-16-3-4-19(24)18(13-16)21(28)26-10-6-22(7-11-26)14-17(5-12-30-22)29-15-20(27)25-8-1-2-9-25/h3-4,13,17H,1-2,5-12,14-15H2. The topological polar surface area (TPSA) is 59.1 Å². The van der Waals surface area contributed by atoms with Gasteiger partial charge in [0.05, 0.1) is 17.3 Å². The van der Waals surface area contributed by atoms with E-state index < -0.39 is 5.82 Å². The number of carbonyl (C=O) groups is 2. The van der Waals surface area contributed by atoms with Crippen molar-refractivity contribution in [3.63, 3.8) is 0 Å². The van der Waals surface area contributed by atoms with Crippen molar-refractivity contribution in [1.29, 1.82) is 0 Å². The molecule has 3 fully saturated rings. The minimum atomic E-state index is -0.560. The smallest absolute Gasteiger partial charge is 0.256 e. The van der Waals surface area contributed by atoms with Gasteiger partial charge in [0.1, 0.15) is 12.4 Å². The van der Waals surface area contributed by atoms with E-state index in [-0.39, 0.29) is 35.7 Å². The highest BCUT2D eigenvalue weighted by molar-refractivity contribution is 6.31. The summed E-state index contributed by atoms with van der Waals surface area (Å²) in [4.78, 5) is 28.5. The molecule has 0 aromatic heterocycles. The lowest BCUT2D eigenvalue weighted by Gasteiger charge is -2.46. The number of halogens is 2. The molecule has 1 spiro atoms. The van der Waals surface area contributed by atoms with Crippen molar-refractivity contribution in [2.45, 2.75) is 50.2 Å². The third-order valence-corrected chi connectivity index (χ3v) is 6.70. The second kappa shape index (κ2) is 9.20. The van der Waals surface area contributed by atoms with Crippen LogP contribution in [0.5, 0.6) is 0 Å². The van der Waals surface area contributed by atoms with E-state index in [0.717, 1.165) is 32.4 Å². The van der Waals surface area contributed by atoms with Crippen LogP contribution in [0.2, 0.25) is 5.02 Å². The van der Waals surface area contributed by atoms with Crippen molar-refractivity contribution < 1.29 is 23.5 Å². The van der Waals surface area contributed by atoms with Crippen LogP contribution < -0.4 is 0 Å². The van der Waals surface area contributed by atoms with Gasteiger partial charge in [0, 0.05) is 44.2 Å². The van der Waals surface area contributed by atoms with E-state index in [9.17, 15) is 14.0 Å². The first-order valence-corrected chi connectivity index (χ1v) is 11.1. The van der Waals surface area contributed by atoms with E-state index in [1.807, 2.05) is 4.90 Å². The third-order valence-electron chi connectivity index (χ3n) is 6.47. The van der Waals surface area contributed by atoms with Gasteiger partial charge >= 0.3 is 0 Å². The number of hydrogen-bond acceptors (Lipinski definition) is 4. The first-order valence-electron chi connectivity index (χ1n) is 10.7. The summed E-state index contributed by atoms with van der Waals surface area (Å²) in [5.74, 6) is -0.837. The van der Waals surface area contributed by atoms with Crippen LogP contribution in [0.1, 0.15) is 48.9 Å². The minimum Gasteiger partial charge on any atom is -0.375 e. The molecule has 1 aromatic carbocycles. The van der Waals surface area contributed by atoms with Gasteiger partial charge in [-0.05, 0) is 50.3 Å². The van der Waals surface area contributed by atoms with Crippen LogP contribution in [-0.4, -0.2) is 72.7 Å². The van der Waals surface area contributed by atoms with Crippen LogP contribution in [-0.2, 0) is 14.3 Å². The molecular weight excluding hydrogens is 411 g/mol. The molecule has 1 unspecified atom stereocenters. The van der Waals surface area contributed by atoms with Crippen molar-refractivity contribution in [3.8, 4) is 0 Å². The molecule has 8 heteroatoms. The Morgan fingerprint density at radius 1 is 1.17 bits per heavy atom. The second-order valence-corrected chi connectivity index (χ2v) is 8.90. The summed E-state index contributed by atoms with van der Waals surface area (Å²) in [6.07, 6.45) is 4.94. The Labute approximate surface area is 181 Å². The predicted molar refractivity (Wildman–Crippen MR) is 110 cm³/mol. The summed E-state index contributed by atoms with van der Waals surface area (Å²) >= 11 is 5.93. The Bertz CT molecular complexity index is 791. The first-order chi connectivity index (χ1) is 14.5. The van der Waals surface area contributed by atoms with Crippen LogP contribution in [0.4, 0.5) is 4.39 Å². The van der Waals surface area contributed by atoms with E-state index >= 15 is 0 Å². The highest BCUT2D eigenvalue weighted by Crippen LogP contribution is 2.36. The summed E-state index contributed by atoms with van der Waals surface area (Å²) in [5.41, 5.74) is -0.340. The normalized spacial score (nSPS) is 23.7. The van der Waals surface area contributed by atoms with Gasteiger partial charge in [-0.1, -0.05) is 11.6 Å². The lowest BCUT2D eigenvalue weighted by molar-refractivity contribution is -0.161. The molecule has 3 saturated heterocycles. The maximum Gasteiger partial charge on any atom is 0.256 e. The first kappa shape index (κ1) is 21.5. The minimum absolute atomic E-state index is 0.00430. The van der Waals surface area contributed by atoms with Gasteiger partial charge in [-0.25, -0.2) is 4.39 Å². The summed E-state index contributed by atoms with van der Waals surface area (Å²) in [5, 5.41) is 0.340. The molecule has 4 rings (SSSR count). The monoisotopic (exact) mass is 438 g/mol. The van der Waals surface area contributed by atoms with Crippen molar-refractivity contribution in [1.82, 2.24) is 9.80 Å². The molecule has 1 atom stereocenters. The Morgan fingerprint density at radius 3 is 2.63 bits per heavy atom. The highest BCUT2D eigenvalue weighted by atomic mass is 35.5. The molecule has 0 aliphatic carbocycles. The highest BCUT2D eigenvalue weighted by Gasteiger charge is 2.42. The fourth-order valence-electron chi connectivity index (χ4n) is 4.67. The fraction of sp³-hybridized carbons (Fsp3) is 0.636.